The zero-order chi connectivity index (χ0) is 22.4. The molecule has 1 aliphatic rings. The summed E-state index contributed by atoms with van der Waals surface area (Å²) >= 11 is 0. The predicted molar refractivity (Wildman–Crippen MR) is 103 cm³/mol. The van der Waals surface area contributed by atoms with Crippen LogP contribution in [0.4, 0.5) is 17.6 Å². The van der Waals surface area contributed by atoms with Crippen molar-refractivity contribution < 1.29 is 35.5 Å². The topological polar surface area (TPSA) is 68.6 Å². The summed E-state index contributed by atoms with van der Waals surface area (Å²) in [5.74, 6) is -4.66. The molecule has 1 fully saturated rings. The first-order chi connectivity index (χ1) is 14.6. The molecule has 0 bridgehead atoms. The molecule has 1 saturated heterocycles. The van der Waals surface area contributed by atoms with Crippen LogP contribution in [0.1, 0.15) is 12.0 Å². The van der Waals surface area contributed by atoms with Gasteiger partial charge in [0.15, 0.2) is 11.6 Å². The van der Waals surface area contributed by atoms with Crippen LogP contribution in [0.5, 0.6) is 5.75 Å². The van der Waals surface area contributed by atoms with Crippen molar-refractivity contribution in [3.05, 3.63) is 60.0 Å². The lowest BCUT2D eigenvalue weighted by Crippen LogP contribution is -2.36. The number of nitrogens with zero attached hydrogens (tertiary/aromatic N) is 2. The van der Waals surface area contributed by atoms with E-state index in [1.54, 1.807) is 6.07 Å². The van der Waals surface area contributed by atoms with E-state index in [4.69, 9.17) is 0 Å². The normalized spacial score (nSPS) is 15.1. The van der Waals surface area contributed by atoms with E-state index in [1.165, 1.54) is 36.5 Å². The summed E-state index contributed by atoms with van der Waals surface area (Å²) in [5.41, 5.74) is -0.0852. The maximum absolute atomic E-state index is 14.9. The second-order valence-electron chi connectivity index (χ2n) is 7.05. The monoisotopic (exact) mass is 456 g/mol. The lowest BCUT2D eigenvalue weighted by molar-refractivity contribution is -0.189. The number of benzene rings is 2. The third-order valence-electron chi connectivity index (χ3n) is 5.03. The molecule has 0 radical (unpaired) electrons. The van der Waals surface area contributed by atoms with Crippen LogP contribution in [-0.4, -0.2) is 42.5 Å². The fourth-order valence-corrected chi connectivity index (χ4v) is 4.73. The number of alkyl halides is 3. The van der Waals surface area contributed by atoms with Gasteiger partial charge in [-0.25, -0.2) is 21.6 Å². The lowest BCUT2D eigenvalue weighted by atomic mass is 10.1. The summed E-state index contributed by atoms with van der Waals surface area (Å²) in [6, 6.07) is 9.56. The standard InChI is InChI=1S/C20H16F4N2O4S/c21-16-11-17-14(7-10-26(17)31(28,29)13-5-2-1-3-6-13)15(12-25-8-4-9-25)18(16)30-19(27)20(22,23)24/h1-3,5-7,10-11H,4,8-9,12H2. The number of likely N-dealkylation sites (tertiary alicyclic amines) is 1. The number of esters is 1. The van der Waals surface area contributed by atoms with Crippen molar-refractivity contribution in [3.8, 4) is 5.75 Å². The number of carbonyl (C=O) groups is 1. The third kappa shape index (κ3) is 3.90. The quantitative estimate of drug-likeness (QED) is 0.333. The van der Waals surface area contributed by atoms with Crippen molar-refractivity contribution in [2.75, 3.05) is 13.1 Å². The zero-order valence-corrected chi connectivity index (χ0v) is 16.7. The number of ether oxygens (including phenoxy) is 1. The van der Waals surface area contributed by atoms with Gasteiger partial charge in [0.05, 0.1) is 10.4 Å². The first kappa shape index (κ1) is 21.3. The molecule has 0 aliphatic carbocycles. The van der Waals surface area contributed by atoms with E-state index in [-0.39, 0.29) is 27.9 Å². The maximum Gasteiger partial charge on any atom is 0.491 e. The van der Waals surface area contributed by atoms with Gasteiger partial charge in [0, 0.05) is 29.8 Å². The highest BCUT2D eigenvalue weighted by molar-refractivity contribution is 7.90. The van der Waals surface area contributed by atoms with Crippen LogP contribution in [-0.2, 0) is 21.4 Å². The Morgan fingerprint density at radius 2 is 1.77 bits per heavy atom. The van der Waals surface area contributed by atoms with Crippen molar-refractivity contribution in [2.45, 2.75) is 24.0 Å². The molecular weight excluding hydrogens is 440 g/mol. The van der Waals surface area contributed by atoms with Gasteiger partial charge in [-0.3, -0.25) is 4.90 Å². The fourth-order valence-electron chi connectivity index (χ4n) is 3.37. The van der Waals surface area contributed by atoms with Crippen molar-refractivity contribution in [1.82, 2.24) is 8.87 Å². The molecular formula is C20H16F4N2O4S. The SMILES string of the molecule is O=C(Oc1c(F)cc2c(ccn2S(=O)(=O)c2ccccc2)c1CN1CCC1)C(F)(F)F. The molecule has 0 amide bonds. The van der Waals surface area contributed by atoms with E-state index in [2.05, 4.69) is 4.74 Å². The van der Waals surface area contributed by atoms with Gasteiger partial charge in [0.25, 0.3) is 10.0 Å². The highest BCUT2D eigenvalue weighted by Gasteiger charge is 2.42. The number of rotatable bonds is 5. The molecule has 6 nitrogen and oxygen atoms in total. The Bertz CT molecular complexity index is 1250. The Morgan fingerprint density at radius 3 is 2.35 bits per heavy atom. The third-order valence-corrected chi connectivity index (χ3v) is 6.73. The van der Waals surface area contributed by atoms with Gasteiger partial charge in [-0.2, -0.15) is 13.2 Å². The molecule has 11 heteroatoms. The number of aromatic nitrogens is 1. The highest BCUT2D eigenvalue weighted by Crippen LogP contribution is 2.36. The Kier molecular flexibility index (Phi) is 5.26. The average Bonchev–Trinajstić information content (AvgIpc) is 3.10. The van der Waals surface area contributed by atoms with Gasteiger partial charge in [-0.15, -0.1) is 0 Å². The van der Waals surface area contributed by atoms with Crippen LogP contribution < -0.4 is 4.74 Å². The minimum Gasteiger partial charge on any atom is -0.416 e. The number of halogens is 4. The van der Waals surface area contributed by atoms with Gasteiger partial charge >= 0.3 is 12.1 Å². The maximum atomic E-state index is 14.9. The molecule has 0 spiro atoms. The number of hydrogen-bond acceptors (Lipinski definition) is 5. The second-order valence-corrected chi connectivity index (χ2v) is 8.86. The smallest absolute Gasteiger partial charge is 0.416 e. The summed E-state index contributed by atoms with van der Waals surface area (Å²) in [5, 5.41) is 0.179. The predicted octanol–water partition coefficient (Wildman–Crippen LogP) is 3.69. The van der Waals surface area contributed by atoms with Crippen LogP contribution in [0.15, 0.2) is 53.6 Å². The van der Waals surface area contributed by atoms with Gasteiger partial charge in [-0.05, 0) is 37.7 Å². The van der Waals surface area contributed by atoms with Gasteiger partial charge in [0.2, 0.25) is 0 Å². The first-order valence-corrected chi connectivity index (χ1v) is 10.7. The van der Waals surface area contributed by atoms with E-state index in [0.29, 0.717) is 13.1 Å². The fraction of sp³-hybridized carbons (Fsp3) is 0.250. The summed E-state index contributed by atoms with van der Waals surface area (Å²) in [6.45, 7) is 1.27. The van der Waals surface area contributed by atoms with E-state index < -0.39 is 33.7 Å². The Labute approximate surface area is 174 Å². The molecule has 0 atom stereocenters. The molecule has 2 aromatic carbocycles. The Morgan fingerprint density at radius 1 is 1.10 bits per heavy atom. The van der Waals surface area contributed by atoms with Crippen molar-refractivity contribution in [1.29, 1.82) is 0 Å². The Balaban J connectivity index is 1.88. The van der Waals surface area contributed by atoms with E-state index in [1.807, 2.05) is 4.90 Å². The minimum atomic E-state index is -5.31. The molecule has 0 saturated carbocycles. The van der Waals surface area contributed by atoms with Crippen LogP contribution in [0, 0.1) is 5.82 Å². The van der Waals surface area contributed by atoms with Crippen LogP contribution in [0.2, 0.25) is 0 Å². The highest BCUT2D eigenvalue weighted by atomic mass is 32.2. The van der Waals surface area contributed by atoms with Gasteiger partial charge < -0.3 is 4.74 Å². The van der Waals surface area contributed by atoms with E-state index in [9.17, 15) is 30.8 Å². The van der Waals surface area contributed by atoms with Crippen LogP contribution >= 0.6 is 0 Å². The van der Waals surface area contributed by atoms with Crippen molar-refractivity contribution in [3.63, 3.8) is 0 Å². The lowest BCUT2D eigenvalue weighted by Gasteiger charge is -2.31. The molecule has 164 valence electrons. The summed E-state index contributed by atoms with van der Waals surface area (Å²) in [6.07, 6.45) is -3.25. The minimum absolute atomic E-state index is 0.00410. The second kappa shape index (κ2) is 7.65. The van der Waals surface area contributed by atoms with Crippen molar-refractivity contribution in [2.24, 2.45) is 0 Å². The Hall–Kier alpha value is -2.92. The summed E-state index contributed by atoms with van der Waals surface area (Å²) < 4.78 is 84.3. The summed E-state index contributed by atoms with van der Waals surface area (Å²) in [4.78, 5) is 13.1. The van der Waals surface area contributed by atoms with Crippen LogP contribution in [0.25, 0.3) is 10.9 Å². The molecule has 2 heterocycles. The average molecular weight is 456 g/mol. The molecule has 4 rings (SSSR count). The van der Waals surface area contributed by atoms with Gasteiger partial charge in [-0.1, -0.05) is 18.2 Å². The van der Waals surface area contributed by atoms with E-state index in [0.717, 1.165) is 16.5 Å². The number of hydrogen-bond donors (Lipinski definition) is 0. The molecule has 1 aromatic heterocycles. The summed E-state index contributed by atoms with van der Waals surface area (Å²) in [7, 11) is -4.09. The molecule has 3 aromatic rings. The molecule has 0 N–H and O–H groups in total. The number of fused-ring (bicyclic) bond motifs is 1. The van der Waals surface area contributed by atoms with Gasteiger partial charge in [0.1, 0.15) is 0 Å². The molecule has 1 aliphatic heterocycles. The zero-order valence-electron chi connectivity index (χ0n) is 15.9. The molecule has 31 heavy (non-hydrogen) atoms. The van der Waals surface area contributed by atoms with Crippen LogP contribution in [0.3, 0.4) is 0 Å². The largest absolute Gasteiger partial charge is 0.491 e. The first-order valence-electron chi connectivity index (χ1n) is 9.23. The van der Waals surface area contributed by atoms with Crippen molar-refractivity contribution >= 4 is 26.9 Å². The number of carbonyl (C=O) groups excluding carboxylic acids is 1. The molecule has 0 unspecified atom stereocenters. The van der Waals surface area contributed by atoms with E-state index >= 15 is 0 Å².